The number of hydrogen-bond donors (Lipinski definition) is 2. The maximum atomic E-state index is 12.5. The first-order valence-corrected chi connectivity index (χ1v) is 8.95. The fourth-order valence-electron chi connectivity index (χ4n) is 2.90. The van der Waals surface area contributed by atoms with Crippen LogP contribution in [0.1, 0.15) is 16.7 Å². The first-order chi connectivity index (χ1) is 14.2. The zero-order valence-electron chi connectivity index (χ0n) is 15.7. The van der Waals surface area contributed by atoms with Crippen molar-refractivity contribution in [1.29, 1.82) is 0 Å². The molecule has 2 N–H and O–H groups in total. The van der Waals surface area contributed by atoms with E-state index in [2.05, 4.69) is 17.2 Å². The standard InChI is InChI=1S/C22H17F3N2O3/c23-22(24,25)18-7-4-15(5-8-18)2-1-10-26-20(28)13-16-3-6-17-9-11-27(14-21(29)30)19(17)12-16/h3-9,11-12H,10,13-14H2,(H,26,28)(H,29,30). The predicted octanol–water partition coefficient (Wildman–Crippen LogP) is 3.46. The van der Waals surface area contributed by atoms with Crippen LogP contribution in [0.2, 0.25) is 0 Å². The first kappa shape index (κ1) is 21.0. The molecule has 1 amide bonds. The summed E-state index contributed by atoms with van der Waals surface area (Å²) < 4.78 is 39.2. The SMILES string of the molecule is O=C(O)Cn1ccc2ccc(CC(=O)NCC#Cc3ccc(C(F)(F)F)cc3)cc21. The zero-order valence-corrected chi connectivity index (χ0v) is 15.7. The highest BCUT2D eigenvalue weighted by Crippen LogP contribution is 2.28. The molecule has 0 bridgehead atoms. The van der Waals surface area contributed by atoms with E-state index in [-0.39, 0.29) is 25.4 Å². The van der Waals surface area contributed by atoms with Gasteiger partial charge in [0.1, 0.15) is 6.54 Å². The van der Waals surface area contributed by atoms with Crippen LogP contribution in [0, 0.1) is 11.8 Å². The lowest BCUT2D eigenvalue weighted by atomic mass is 10.1. The van der Waals surface area contributed by atoms with Crippen molar-refractivity contribution in [3.8, 4) is 11.8 Å². The molecule has 0 aliphatic heterocycles. The van der Waals surface area contributed by atoms with E-state index in [1.165, 1.54) is 12.1 Å². The summed E-state index contributed by atoms with van der Waals surface area (Å²) >= 11 is 0. The molecule has 30 heavy (non-hydrogen) atoms. The number of hydrogen-bond acceptors (Lipinski definition) is 2. The minimum atomic E-state index is -4.39. The van der Waals surface area contributed by atoms with Gasteiger partial charge in [-0.1, -0.05) is 24.0 Å². The summed E-state index contributed by atoms with van der Waals surface area (Å²) in [5, 5.41) is 12.5. The molecule has 1 heterocycles. The quantitative estimate of drug-likeness (QED) is 0.629. The molecule has 0 saturated carbocycles. The number of nitrogens with zero attached hydrogens (tertiary/aromatic N) is 1. The molecular formula is C22H17F3N2O3. The molecule has 8 heteroatoms. The van der Waals surface area contributed by atoms with Crippen molar-refractivity contribution in [3.63, 3.8) is 0 Å². The van der Waals surface area contributed by atoms with E-state index in [4.69, 9.17) is 5.11 Å². The molecule has 0 unspecified atom stereocenters. The third-order valence-electron chi connectivity index (χ3n) is 4.33. The second kappa shape index (κ2) is 8.74. The number of aliphatic carboxylic acids is 1. The lowest BCUT2D eigenvalue weighted by Gasteiger charge is -2.05. The molecular weight excluding hydrogens is 397 g/mol. The summed E-state index contributed by atoms with van der Waals surface area (Å²) in [4.78, 5) is 23.0. The number of halogens is 3. The third-order valence-corrected chi connectivity index (χ3v) is 4.33. The molecule has 0 radical (unpaired) electrons. The second-order valence-corrected chi connectivity index (χ2v) is 6.56. The van der Waals surface area contributed by atoms with Crippen LogP contribution >= 0.6 is 0 Å². The normalized spacial score (nSPS) is 11.0. The summed E-state index contributed by atoms with van der Waals surface area (Å²) in [6.45, 7) is -0.115. The molecule has 0 aliphatic rings. The number of rotatable bonds is 5. The molecule has 3 aromatic rings. The topological polar surface area (TPSA) is 71.3 Å². The average molecular weight is 414 g/mol. The molecule has 0 aliphatic carbocycles. The molecule has 0 fully saturated rings. The molecule has 0 atom stereocenters. The van der Waals surface area contributed by atoms with Gasteiger partial charge in [-0.2, -0.15) is 13.2 Å². The van der Waals surface area contributed by atoms with Crippen LogP contribution in [-0.4, -0.2) is 28.1 Å². The second-order valence-electron chi connectivity index (χ2n) is 6.56. The van der Waals surface area contributed by atoms with E-state index in [9.17, 15) is 22.8 Å². The van der Waals surface area contributed by atoms with E-state index in [0.717, 1.165) is 28.6 Å². The van der Waals surface area contributed by atoms with Gasteiger partial charge in [-0.25, -0.2) is 0 Å². The minimum absolute atomic E-state index is 0.0531. The van der Waals surface area contributed by atoms with E-state index in [0.29, 0.717) is 5.56 Å². The van der Waals surface area contributed by atoms with Gasteiger partial charge in [-0.15, -0.1) is 0 Å². The van der Waals surface area contributed by atoms with Crippen LogP contribution in [0.4, 0.5) is 13.2 Å². The molecule has 154 valence electrons. The summed E-state index contributed by atoms with van der Waals surface area (Å²) in [5.74, 6) is 4.17. The Bertz CT molecular complexity index is 1140. The number of alkyl halides is 3. The van der Waals surface area contributed by atoms with Crippen LogP contribution in [0.5, 0.6) is 0 Å². The summed E-state index contributed by atoms with van der Waals surface area (Å²) in [5.41, 5.74) is 1.13. The van der Waals surface area contributed by atoms with Gasteiger partial charge in [0.15, 0.2) is 0 Å². The van der Waals surface area contributed by atoms with Crippen LogP contribution in [0.25, 0.3) is 10.9 Å². The van der Waals surface area contributed by atoms with Crippen molar-refractivity contribution in [1.82, 2.24) is 9.88 Å². The highest BCUT2D eigenvalue weighted by atomic mass is 19.4. The van der Waals surface area contributed by atoms with E-state index in [1.54, 1.807) is 29.0 Å². The van der Waals surface area contributed by atoms with Crippen molar-refractivity contribution < 1.29 is 27.9 Å². The molecule has 0 saturated heterocycles. The van der Waals surface area contributed by atoms with Crippen LogP contribution in [-0.2, 0) is 28.7 Å². The van der Waals surface area contributed by atoms with Gasteiger partial charge in [0.25, 0.3) is 0 Å². The van der Waals surface area contributed by atoms with E-state index in [1.807, 2.05) is 6.07 Å². The summed E-state index contributed by atoms with van der Waals surface area (Å²) in [6, 6.07) is 11.7. The number of carbonyl (C=O) groups excluding carboxylic acids is 1. The van der Waals surface area contributed by atoms with Gasteiger partial charge >= 0.3 is 12.1 Å². The smallest absolute Gasteiger partial charge is 0.416 e. The third kappa shape index (κ3) is 5.41. The van der Waals surface area contributed by atoms with E-state index < -0.39 is 17.7 Å². The lowest BCUT2D eigenvalue weighted by molar-refractivity contribution is -0.138. The number of carbonyl (C=O) groups is 2. The van der Waals surface area contributed by atoms with E-state index >= 15 is 0 Å². The zero-order chi connectivity index (χ0) is 21.7. The van der Waals surface area contributed by atoms with Crippen molar-refractivity contribution in [2.75, 3.05) is 6.54 Å². The fraction of sp³-hybridized carbons (Fsp3) is 0.182. The Kier molecular flexibility index (Phi) is 6.11. The highest BCUT2D eigenvalue weighted by Gasteiger charge is 2.29. The van der Waals surface area contributed by atoms with Gasteiger partial charge in [-0.05, 0) is 47.3 Å². The number of nitrogens with one attached hydrogen (secondary N) is 1. The van der Waals surface area contributed by atoms with Gasteiger partial charge in [0.2, 0.25) is 5.91 Å². The summed E-state index contributed by atoms with van der Waals surface area (Å²) in [6.07, 6.45) is -2.62. The number of amides is 1. The monoisotopic (exact) mass is 414 g/mol. The Hall–Kier alpha value is -3.73. The van der Waals surface area contributed by atoms with Crippen molar-refractivity contribution in [2.24, 2.45) is 0 Å². The first-order valence-electron chi connectivity index (χ1n) is 8.95. The van der Waals surface area contributed by atoms with Gasteiger partial charge in [-0.3, -0.25) is 9.59 Å². The molecule has 1 aromatic heterocycles. The number of fused-ring (bicyclic) bond motifs is 1. The van der Waals surface area contributed by atoms with Crippen LogP contribution in [0.3, 0.4) is 0 Å². The Balaban J connectivity index is 1.56. The van der Waals surface area contributed by atoms with Crippen molar-refractivity contribution in [2.45, 2.75) is 19.1 Å². The van der Waals surface area contributed by atoms with Crippen molar-refractivity contribution >= 4 is 22.8 Å². The summed E-state index contributed by atoms with van der Waals surface area (Å²) in [7, 11) is 0. The maximum Gasteiger partial charge on any atom is 0.416 e. The Morgan fingerprint density at radius 2 is 1.80 bits per heavy atom. The predicted molar refractivity (Wildman–Crippen MR) is 105 cm³/mol. The van der Waals surface area contributed by atoms with Crippen molar-refractivity contribution in [3.05, 3.63) is 71.4 Å². The molecule has 3 rings (SSSR count). The van der Waals surface area contributed by atoms with Gasteiger partial charge in [0, 0.05) is 17.3 Å². The Morgan fingerprint density at radius 1 is 1.07 bits per heavy atom. The molecule has 0 spiro atoms. The highest BCUT2D eigenvalue weighted by molar-refractivity contribution is 5.85. The maximum absolute atomic E-state index is 12.5. The molecule has 5 nitrogen and oxygen atoms in total. The fourth-order valence-corrected chi connectivity index (χ4v) is 2.90. The number of benzene rings is 2. The number of carboxylic acids is 1. The minimum Gasteiger partial charge on any atom is -0.480 e. The lowest BCUT2D eigenvalue weighted by Crippen LogP contribution is -2.25. The number of aromatic nitrogens is 1. The van der Waals surface area contributed by atoms with Gasteiger partial charge in [0.05, 0.1) is 18.5 Å². The number of carboxylic acid groups (broad SMARTS) is 1. The Morgan fingerprint density at radius 3 is 2.47 bits per heavy atom. The largest absolute Gasteiger partial charge is 0.480 e. The van der Waals surface area contributed by atoms with Crippen LogP contribution in [0.15, 0.2) is 54.7 Å². The Labute approximate surface area is 170 Å². The molecule has 2 aromatic carbocycles. The average Bonchev–Trinajstić information content (AvgIpc) is 3.06. The van der Waals surface area contributed by atoms with Gasteiger partial charge < -0.3 is 15.0 Å². The van der Waals surface area contributed by atoms with Crippen LogP contribution < -0.4 is 5.32 Å².